The first-order valence-electron chi connectivity index (χ1n) is 4.71. The van der Waals surface area contributed by atoms with Crippen LogP contribution in [0.4, 0.5) is 0 Å². The van der Waals surface area contributed by atoms with Crippen molar-refractivity contribution in [3.63, 3.8) is 0 Å². The number of amides is 1. The molecule has 1 fully saturated rings. The van der Waals surface area contributed by atoms with Gasteiger partial charge in [-0.25, -0.2) is 0 Å². The van der Waals surface area contributed by atoms with Crippen LogP contribution < -0.4 is 10.6 Å². The van der Waals surface area contributed by atoms with Crippen LogP contribution >= 0.6 is 0 Å². The van der Waals surface area contributed by atoms with E-state index in [1.165, 1.54) is 25.7 Å². The Hall–Kier alpha value is -0.570. The minimum Gasteiger partial charge on any atom is -0.358 e. The maximum Gasteiger partial charge on any atom is 0.236 e. The van der Waals surface area contributed by atoms with E-state index in [-0.39, 0.29) is 11.9 Å². The van der Waals surface area contributed by atoms with E-state index >= 15 is 0 Å². The van der Waals surface area contributed by atoms with Gasteiger partial charge in [0.2, 0.25) is 5.91 Å². The largest absolute Gasteiger partial charge is 0.358 e. The van der Waals surface area contributed by atoms with Gasteiger partial charge in [0.25, 0.3) is 0 Å². The highest BCUT2D eigenvalue weighted by molar-refractivity contribution is 5.80. The lowest BCUT2D eigenvalue weighted by Gasteiger charge is -2.17. The molecule has 1 amide bonds. The third kappa shape index (κ3) is 2.48. The first-order valence-corrected chi connectivity index (χ1v) is 4.71. The molecule has 0 aliphatic heterocycles. The molecule has 70 valence electrons. The molecule has 1 unspecified atom stereocenters. The van der Waals surface area contributed by atoms with Gasteiger partial charge in [-0.15, -0.1) is 0 Å². The van der Waals surface area contributed by atoms with Gasteiger partial charge in [-0.3, -0.25) is 4.79 Å². The molecule has 0 aromatic carbocycles. The van der Waals surface area contributed by atoms with Crippen LogP contribution in [0.5, 0.6) is 0 Å². The van der Waals surface area contributed by atoms with Crippen molar-refractivity contribution in [2.45, 2.75) is 44.7 Å². The topological polar surface area (TPSA) is 41.1 Å². The third-order valence-corrected chi connectivity index (χ3v) is 2.48. The van der Waals surface area contributed by atoms with Gasteiger partial charge in [0, 0.05) is 13.1 Å². The highest BCUT2D eigenvalue weighted by Crippen LogP contribution is 2.17. The zero-order chi connectivity index (χ0) is 8.97. The average Bonchev–Trinajstić information content (AvgIpc) is 2.55. The fraction of sp³-hybridized carbons (Fsp3) is 0.889. The van der Waals surface area contributed by atoms with E-state index in [1.807, 2.05) is 6.92 Å². The van der Waals surface area contributed by atoms with Gasteiger partial charge in [0.1, 0.15) is 0 Å². The summed E-state index contributed by atoms with van der Waals surface area (Å²) in [6.07, 6.45) is 5.05. The summed E-state index contributed by atoms with van der Waals surface area (Å²) < 4.78 is 0. The predicted octanol–water partition coefficient (Wildman–Crippen LogP) is 0.653. The lowest BCUT2D eigenvalue weighted by molar-refractivity contribution is -0.122. The minimum absolute atomic E-state index is 0.0434. The van der Waals surface area contributed by atoms with Crippen molar-refractivity contribution < 1.29 is 4.79 Å². The summed E-state index contributed by atoms with van der Waals surface area (Å²) >= 11 is 0. The van der Waals surface area contributed by atoms with Crippen LogP contribution in [0.25, 0.3) is 0 Å². The van der Waals surface area contributed by atoms with Gasteiger partial charge in [-0.05, 0) is 19.8 Å². The predicted molar refractivity (Wildman–Crippen MR) is 48.9 cm³/mol. The van der Waals surface area contributed by atoms with Crippen LogP contribution in [0.15, 0.2) is 0 Å². The first kappa shape index (κ1) is 9.52. The van der Waals surface area contributed by atoms with Crippen molar-refractivity contribution in [2.75, 3.05) is 7.05 Å². The summed E-state index contributed by atoms with van der Waals surface area (Å²) in [6.45, 7) is 1.91. The molecule has 3 heteroatoms. The van der Waals surface area contributed by atoms with E-state index in [2.05, 4.69) is 10.6 Å². The molecule has 2 N–H and O–H groups in total. The van der Waals surface area contributed by atoms with E-state index < -0.39 is 0 Å². The number of nitrogens with one attached hydrogen (secondary N) is 2. The zero-order valence-corrected chi connectivity index (χ0v) is 7.89. The van der Waals surface area contributed by atoms with Crippen molar-refractivity contribution in [3.8, 4) is 0 Å². The SMILES string of the molecule is CNC(=O)C(C)NC1CCCC1. The lowest BCUT2D eigenvalue weighted by Crippen LogP contribution is -2.44. The Morgan fingerprint density at radius 3 is 2.50 bits per heavy atom. The first-order chi connectivity index (χ1) is 5.74. The molecule has 0 heterocycles. The van der Waals surface area contributed by atoms with E-state index in [0.29, 0.717) is 6.04 Å². The minimum atomic E-state index is -0.0434. The molecule has 1 aliphatic carbocycles. The van der Waals surface area contributed by atoms with E-state index in [1.54, 1.807) is 7.05 Å². The fourth-order valence-corrected chi connectivity index (χ4v) is 1.74. The number of carbonyl (C=O) groups excluding carboxylic acids is 1. The highest BCUT2D eigenvalue weighted by Gasteiger charge is 2.19. The second-order valence-corrected chi connectivity index (χ2v) is 3.48. The molecule has 0 aromatic heterocycles. The van der Waals surface area contributed by atoms with Crippen molar-refractivity contribution in [2.24, 2.45) is 0 Å². The van der Waals surface area contributed by atoms with Crippen molar-refractivity contribution in [1.29, 1.82) is 0 Å². The number of hydrogen-bond acceptors (Lipinski definition) is 2. The Morgan fingerprint density at radius 2 is 2.00 bits per heavy atom. The zero-order valence-electron chi connectivity index (χ0n) is 7.89. The van der Waals surface area contributed by atoms with Crippen LogP contribution in [-0.2, 0) is 4.79 Å². The van der Waals surface area contributed by atoms with Crippen LogP contribution in [0.3, 0.4) is 0 Å². The second-order valence-electron chi connectivity index (χ2n) is 3.48. The Balaban J connectivity index is 2.24. The summed E-state index contributed by atoms with van der Waals surface area (Å²) in [5, 5.41) is 5.95. The quantitative estimate of drug-likeness (QED) is 0.653. The van der Waals surface area contributed by atoms with E-state index in [0.717, 1.165) is 0 Å². The van der Waals surface area contributed by atoms with Crippen LogP contribution in [0.2, 0.25) is 0 Å². The van der Waals surface area contributed by atoms with Gasteiger partial charge in [-0.2, -0.15) is 0 Å². The maximum absolute atomic E-state index is 11.1. The van der Waals surface area contributed by atoms with Gasteiger partial charge in [0.15, 0.2) is 0 Å². The van der Waals surface area contributed by atoms with Gasteiger partial charge in [-0.1, -0.05) is 12.8 Å². The standard InChI is InChI=1S/C9H18N2O/c1-7(9(12)10-2)11-8-5-3-4-6-8/h7-8,11H,3-6H2,1-2H3,(H,10,12). The Labute approximate surface area is 73.9 Å². The monoisotopic (exact) mass is 170 g/mol. The maximum atomic E-state index is 11.1. The van der Waals surface area contributed by atoms with Crippen LogP contribution in [0.1, 0.15) is 32.6 Å². The number of rotatable bonds is 3. The number of carbonyl (C=O) groups is 1. The summed E-state index contributed by atoms with van der Waals surface area (Å²) in [5.74, 6) is 0.0851. The summed E-state index contributed by atoms with van der Waals surface area (Å²) in [5.41, 5.74) is 0. The van der Waals surface area contributed by atoms with Crippen molar-refractivity contribution in [1.82, 2.24) is 10.6 Å². The van der Waals surface area contributed by atoms with Gasteiger partial charge < -0.3 is 10.6 Å². The fourth-order valence-electron chi connectivity index (χ4n) is 1.74. The summed E-state index contributed by atoms with van der Waals surface area (Å²) in [6, 6.07) is 0.524. The molecule has 1 aliphatic rings. The Kier molecular flexibility index (Phi) is 3.53. The van der Waals surface area contributed by atoms with E-state index in [4.69, 9.17) is 0 Å². The van der Waals surface area contributed by atoms with Gasteiger partial charge >= 0.3 is 0 Å². The van der Waals surface area contributed by atoms with Crippen LogP contribution in [0, 0.1) is 0 Å². The molecular weight excluding hydrogens is 152 g/mol. The third-order valence-electron chi connectivity index (χ3n) is 2.48. The number of hydrogen-bond donors (Lipinski definition) is 2. The number of likely N-dealkylation sites (N-methyl/N-ethyl adjacent to an activating group) is 1. The van der Waals surface area contributed by atoms with E-state index in [9.17, 15) is 4.79 Å². The highest BCUT2D eigenvalue weighted by atomic mass is 16.2. The van der Waals surface area contributed by atoms with Crippen molar-refractivity contribution >= 4 is 5.91 Å². The Bertz CT molecular complexity index is 153. The smallest absolute Gasteiger partial charge is 0.236 e. The molecular formula is C9H18N2O. The molecule has 3 nitrogen and oxygen atoms in total. The summed E-state index contributed by atoms with van der Waals surface area (Å²) in [4.78, 5) is 11.1. The molecule has 1 atom stereocenters. The Morgan fingerprint density at radius 1 is 1.42 bits per heavy atom. The molecule has 0 bridgehead atoms. The molecule has 1 rings (SSSR count). The molecule has 12 heavy (non-hydrogen) atoms. The average molecular weight is 170 g/mol. The molecule has 0 saturated heterocycles. The normalized spacial score (nSPS) is 20.8. The molecule has 0 aromatic rings. The molecule has 0 radical (unpaired) electrons. The summed E-state index contributed by atoms with van der Waals surface area (Å²) in [7, 11) is 1.68. The molecule has 1 saturated carbocycles. The lowest BCUT2D eigenvalue weighted by atomic mass is 10.2. The molecule has 0 spiro atoms. The second kappa shape index (κ2) is 4.45. The van der Waals surface area contributed by atoms with Crippen LogP contribution in [-0.4, -0.2) is 25.0 Å². The van der Waals surface area contributed by atoms with Gasteiger partial charge in [0.05, 0.1) is 6.04 Å². The van der Waals surface area contributed by atoms with Crippen molar-refractivity contribution in [3.05, 3.63) is 0 Å².